The predicted octanol–water partition coefficient (Wildman–Crippen LogP) is 0.281. The van der Waals surface area contributed by atoms with E-state index in [9.17, 15) is 23.1 Å². The van der Waals surface area contributed by atoms with E-state index in [2.05, 4.69) is 5.32 Å². The van der Waals surface area contributed by atoms with Gasteiger partial charge in [-0.1, -0.05) is 0 Å². The van der Waals surface area contributed by atoms with Crippen LogP contribution in [0.25, 0.3) is 0 Å². The minimum absolute atomic E-state index is 0.0912. The smallest absolute Gasteiger partial charge is 0.379 e. The van der Waals surface area contributed by atoms with Crippen molar-refractivity contribution in [3.05, 3.63) is 0 Å². The Kier molecular flexibility index (Phi) is 4.55. The van der Waals surface area contributed by atoms with Gasteiger partial charge in [-0.3, -0.25) is 4.79 Å². The fourth-order valence-corrected chi connectivity index (χ4v) is 2.57. The number of nitrogens with one attached hydrogen (secondary N) is 1. The zero-order valence-corrected chi connectivity index (χ0v) is 11.1. The Bertz CT molecular complexity index is 358. The summed E-state index contributed by atoms with van der Waals surface area (Å²) in [6.45, 7) is 1.16. The van der Waals surface area contributed by atoms with Crippen molar-refractivity contribution in [2.75, 3.05) is 32.8 Å². The maximum Gasteiger partial charge on any atom is 0.418 e. The summed E-state index contributed by atoms with van der Waals surface area (Å²) < 4.78 is 43.6. The zero-order valence-electron chi connectivity index (χ0n) is 11.1. The van der Waals surface area contributed by atoms with Gasteiger partial charge in [0.15, 0.2) is 5.60 Å². The number of rotatable bonds is 2. The fourth-order valence-electron chi connectivity index (χ4n) is 2.57. The van der Waals surface area contributed by atoms with Crippen molar-refractivity contribution in [3.63, 3.8) is 0 Å². The van der Waals surface area contributed by atoms with Gasteiger partial charge >= 0.3 is 6.18 Å². The molecule has 1 amide bonds. The normalized spacial score (nSPS) is 32.2. The molecule has 2 N–H and O–H groups in total. The summed E-state index contributed by atoms with van der Waals surface area (Å²) in [4.78, 5) is 13.1. The predicted molar refractivity (Wildman–Crippen MR) is 64.0 cm³/mol. The number of halogens is 3. The van der Waals surface area contributed by atoms with Crippen LogP contribution >= 0.6 is 0 Å². The van der Waals surface area contributed by atoms with Crippen molar-refractivity contribution in [2.45, 2.75) is 37.1 Å². The second kappa shape index (κ2) is 5.87. The third-order valence-corrected chi connectivity index (χ3v) is 3.77. The van der Waals surface area contributed by atoms with Crippen LogP contribution in [0.5, 0.6) is 0 Å². The molecule has 2 aliphatic heterocycles. The molecule has 0 aromatic heterocycles. The van der Waals surface area contributed by atoms with Gasteiger partial charge in [-0.05, 0) is 12.8 Å². The molecule has 2 heterocycles. The molecule has 2 unspecified atom stereocenters. The van der Waals surface area contributed by atoms with Crippen LogP contribution < -0.4 is 5.32 Å². The topological polar surface area (TPSA) is 61.8 Å². The molecule has 0 saturated carbocycles. The van der Waals surface area contributed by atoms with Crippen LogP contribution in [0.1, 0.15) is 19.3 Å². The Labute approximate surface area is 115 Å². The molecule has 0 spiro atoms. The first kappa shape index (κ1) is 15.5. The number of carbonyl (C=O) groups excluding carboxylic acids is 1. The molecular weight excluding hydrogens is 277 g/mol. The molecule has 5 nitrogen and oxygen atoms in total. The lowest BCUT2D eigenvalue weighted by Crippen LogP contribution is -2.58. The van der Waals surface area contributed by atoms with Crippen molar-refractivity contribution >= 4 is 5.91 Å². The Morgan fingerprint density at radius 1 is 1.50 bits per heavy atom. The van der Waals surface area contributed by atoms with Gasteiger partial charge in [0.25, 0.3) is 0 Å². The second-order valence-corrected chi connectivity index (χ2v) is 5.38. The first-order valence-corrected chi connectivity index (χ1v) is 6.70. The molecule has 0 radical (unpaired) electrons. The quantitative estimate of drug-likeness (QED) is 0.768. The zero-order chi connectivity index (χ0) is 14.8. The molecule has 0 bridgehead atoms. The minimum Gasteiger partial charge on any atom is -0.379 e. The highest BCUT2D eigenvalue weighted by Gasteiger charge is 2.55. The number of morpholine rings is 1. The van der Waals surface area contributed by atoms with Gasteiger partial charge in [-0.2, -0.15) is 13.2 Å². The third kappa shape index (κ3) is 3.42. The highest BCUT2D eigenvalue weighted by Crippen LogP contribution is 2.37. The molecule has 2 fully saturated rings. The van der Waals surface area contributed by atoms with Crippen LogP contribution in [-0.4, -0.2) is 66.6 Å². The number of carbonyl (C=O) groups is 1. The van der Waals surface area contributed by atoms with Gasteiger partial charge in [-0.25, -0.2) is 0 Å². The number of aliphatic hydroxyl groups is 1. The van der Waals surface area contributed by atoms with Crippen molar-refractivity contribution in [1.82, 2.24) is 10.2 Å². The number of likely N-dealkylation sites (tertiary alicyclic amines) is 1. The maximum absolute atomic E-state index is 12.8. The lowest BCUT2D eigenvalue weighted by molar-refractivity contribution is -0.272. The largest absolute Gasteiger partial charge is 0.418 e. The molecule has 20 heavy (non-hydrogen) atoms. The molecule has 2 rings (SSSR count). The summed E-state index contributed by atoms with van der Waals surface area (Å²) in [5.74, 6) is -0.379. The van der Waals surface area contributed by atoms with E-state index in [0.717, 1.165) is 4.90 Å². The summed E-state index contributed by atoms with van der Waals surface area (Å²) in [5, 5.41) is 12.8. The van der Waals surface area contributed by atoms with E-state index < -0.39 is 18.3 Å². The highest BCUT2D eigenvalue weighted by atomic mass is 19.4. The fraction of sp³-hybridized carbons (Fsp3) is 0.917. The van der Waals surface area contributed by atoms with Crippen LogP contribution in [-0.2, 0) is 9.53 Å². The molecule has 0 aromatic carbocycles. The van der Waals surface area contributed by atoms with E-state index in [1.807, 2.05) is 0 Å². The monoisotopic (exact) mass is 296 g/mol. The first-order chi connectivity index (χ1) is 9.32. The number of hydrogen-bond acceptors (Lipinski definition) is 4. The molecule has 0 aliphatic carbocycles. The highest BCUT2D eigenvalue weighted by molar-refractivity contribution is 5.77. The molecule has 0 aromatic rings. The van der Waals surface area contributed by atoms with Crippen LogP contribution in [0, 0.1) is 0 Å². The second-order valence-electron chi connectivity index (χ2n) is 5.38. The molecule has 2 aliphatic rings. The van der Waals surface area contributed by atoms with Crippen LogP contribution in [0.4, 0.5) is 13.2 Å². The summed E-state index contributed by atoms with van der Waals surface area (Å²) >= 11 is 0. The number of ether oxygens (including phenoxy) is 1. The molecule has 2 atom stereocenters. The van der Waals surface area contributed by atoms with Crippen LogP contribution in [0.15, 0.2) is 0 Å². The van der Waals surface area contributed by atoms with E-state index in [1.165, 1.54) is 0 Å². The van der Waals surface area contributed by atoms with E-state index in [4.69, 9.17) is 4.74 Å². The van der Waals surface area contributed by atoms with Crippen molar-refractivity contribution in [3.8, 4) is 0 Å². The molecule has 2 saturated heterocycles. The Balaban J connectivity index is 1.93. The number of amides is 1. The van der Waals surface area contributed by atoms with E-state index >= 15 is 0 Å². The molecular formula is C12H19F3N2O3. The average Bonchev–Trinajstić information content (AvgIpc) is 2.38. The SMILES string of the molecule is O=C(CC1COCCN1)N1CCCC(O)(C(F)(F)F)C1. The van der Waals surface area contributed by atoms with Gasteiger partial charge in [0, 0.05) is 25.6 Å². The molecule has 116 valence electrons. The van der Waals surface area contributed by atoms with Gasteiger partial charge in [-0.15, -0.1) is 0 Å². The number of hydrogen-bond donors (Lipinski definition) is 2. The Morgan fingerprint density at radius 3 is 2.85 bits per heavy atom. The number of nitrogens with zero attached hydrogens (tertiary/aromatic N) is 1. The summed E-state index contributed by atoms with van der Waals surface area (Å²) in [7, 11) is 0. The lowest BCUT2D eigenvalue weighted by atomic mass is 9.92. The average molecular weight is 296 g/mol. The minimum atomic E-state index is -4.71. The van der Waals surface area contributed by atoms with Gasteiger partial charge < -0.3 is 20.1 Å². The van der Waals surface area contributed by atoms with Crippen LogP contribution in [0.3, 0.4) is 0 Å². The standard InChI is InChI=1S/C12H19F3N2O3/c13-12(14,15)11(19)2-1-4-17(8-11)10(18)6-9-7-20-5-3-16-9/h9,16,19H,1-8H2. The van der Waals surface area contributed by atoms with Crippen molar-refractivity contribution in [1.29, 1.82) is 0 Å². The third-order valence-electron chi connectivity index (χ3n) is 3.77. The van der Waals surface area contributed by atoms with Crippen molar-refractivity contribution in [2.24, 2.45) is 0 Å². The Morgan fingerprint density at radius 2 is 2.25 bits per heavy atom. The van der Waals surface area contributed by atoms with Gasteiger partial charge in [0.05, 0.1) is 19.8 Å². The van der Waals surface area contributed by atoms with E-state index in [-0.39, 0.29) is 37.8 Å². The maximum atomic E-state index is 12.8. The van der Waals surface area contributed by atoms with E-state index in [0.29, 0.717) is 19.8 Å². The lowest BCUT2D eigenvalue weighted by Gasteiger charge is -2.40. The first-order valence-electron chi connectivity index (χ1n) is 6.70. The summed E-state index contributed by atoms with van der Waals surface area (Å²) in [6.07, 6.45) is -4.83. The number of alkyl halides is 3. The summed E-state index contributed by atoms with van der Waals surface area (Å²) in [5.41, 5.74) is -2.78. The molecule has 8 heteroatoms. The van der Waals surface area contributed by atoms with Gasteiger partial charge in [0.1, 0.15) is 0 Å². The van der Waals surface area contributed by atoms with Crippen LogP contribution in [0.2, 0.25) is 0 Å². The van der Waals surface area contributed by atoms with E-state index in [1.54, 1.807) is 0 Å². The Hall–Kier alpha value is -0.860. The number of β-amino-alcohol motifs (C(OH)–C–C–N with tert-alkyl or cyclic N) is 1. The summed E-state index contributed by atoms with van der Waals surface area (Å²) in [6, 6.07) is -0.169. The van der Waals surface area contributed by atoms with Gasteiger partial charge in [0.2, 0.25) is 5.91 Å². The van der Waals surface area contributed by atoms with Crippen molar-refractivity contribution < 1.29 is 27.8 Å². The number of piperidine rings is 1.